The second-order valence-corrected chi connectivity index (χ2v) is 5.63. The first kappa shape index (κ1) is 10.0. The number of methoxy groups -OCH3 is 1. The largest absolute Gasteiger partial charge is 0.496 e. The van der Waals surface area contributed by atoms with Crippen molar-refractivity contribution in [3.63, 3.8) is 0 Å². The van der Waals surface area contributed by atoms with E-state index < -0.39 is 0 Å². The number of fused-ring (bicyclic) bond motifs is 1. The molecule has 4 heteroatoms. The van der Waals surface area contributed by atoms with Gasteiger partial charge in [-0.1, -0.05) is 6.07 Å². The molecule has 16 heavy (non-hydrogen) atoms. The van der Waals surface area contributed by atoms with E-state index in [1.165, 1.54) is 0 Å². The third kappa shape index (κ3) is 1.26. The number of hydrogen-bond donors (Lipinski definition) is 1. The molecule has 1 fully saturated rings. The SMILES string of the molecule is COc1cccc2c1SC1(CCC1)C(=O)N2. The molecule has 1 amide bonds. The maximum Gasteiger partial charge on any atom is 0.241 e. The number of nitrogens with one attached hydrogen (secondary N) is 1. The zero-order valence-corrected chi connectivity index (χ0v) is 9.89. The van der Waals surface area contributed by atoms with Crippen molar-refractivity contribution in [2.75, 3.05) is 12.4 Å². The van der Waals surface area contributed by atoms with Gasteiger partial charge in [0.2, 0.25) is 5.91 Å². The Kier molecular flexibility index (Phi) is 2.14. The van der Waals surface area contributed by atoms with Crippen molar-refractivity contribution in [2.24, 2.45) is 0 Å². The van der Waals surface area contributed by atoms with Gasteiger partial charge in [-0.3, -0.25) is 4.79 Å². The molecule has 0 radical (unpaired) electrons. The summed E-state index contributed by atoms with van der Waals surface area (Å²) in [5.41, 5.74) is 0.881. The highest BCUT2D eigenvalue weighted by Gasteiger charge is 2.48. The minimum absolute atomic E-state index is 0.157. The molecule has 0 aromatic heterocycles. The zero-order valence-electron chi connectivity index (χ0n) is 9.08. The number of amides is 1. The van der Waals surface area contributed by atoms with Crippen LogP contribution in [0.5, 0.6) is 5.75 Å². The smallest absolute Gasteiger partial charge is 0.241 e. The molecule has 0 bridgehead atoms. The summed E-state index contributed by atoms with van der Waals surface area (Å²) in [5, 5.41) is 2.99. The van der Waals surface area contributed by atoms with Crippen molar-refractivity contribution in [3.05, 3.63) is 18.2 Å². The average Bonchev–Trinajstić information content (AvgIpc) is 2.25. The van der Waals surface area contributed by atoms with E-state index in [1.54, 1.807) is 18.9 Å². The lowest BCUT2D eigenvalue weighted by Gasteiger charge is -2.42. The molecule has 1 spiro atoms. The number of carbonyl (C=O) groups is 1. The minimum Gasteiger partial charge on any atom is -0.496 e. The molecular weight excluding hydrogens is 222 g/mol. The van der Waals surface area contributed by atoms with Crippen LogP contribution in [0.1, 0.15) is 19.3 Å². The Balaban J connectivity index is 2.05. The van der Waals surface area contributed by atoms with E-state index in [2.05, 4.69) is 5.32 Å². The van der Waals surface area contributed by atoms with Crippen LogP contribution < -0.4 is 10.1 Å². The van der Waals surface area contributed by atoms with Gasteiger partial charge in [0.05, 0.1) is 22.4 Å². The summed E-state index contributed by atoms with van der Waals surface area (Å²) >= 11 is 1.67. The van der Waals surface area contributed by atoms with Gasteiger partial charge in [0.1, 0.15) is 5.75 Å². The van der Waals surface area contributed by atoms with Crippen LogP contribution in [-0.2, 0) is 4.79 Å². The summed E-state index contributed by atoms with van der Waals surface area (Å²) in [4.78, 5) is 13.1. The second-order valence-electron chi connectivity index (χ2n) is 4.24. The first-order valence-electron chi connectivity index (χ1n) is 5.43. The number of ether oxygens (including phenoxy) is 1. The van der Waals surface area contributed by atoms with E-state index in [4.69, 9.17) is 4.74 Å². The van der Waals surface area contributed by atoms with Crippen LogP contribution in [0.4, 0.5) is 5.69 Å². The van der Waals surface area contributed by atoms with Gasteiger partial charge < -0.3 is 10.1 Å². The van der Waals surface area contributed by atoms with E-state index in [9.17, 15) is 4.79 Å². The fourth-order valence-electron chi connectivity index (χ4n) is 2.19. The van der Waals surface area contributed by atoms with E-state index >= 15 is 0 Å². The molecular formula is C12H13NO2S. The molecule has 1 saturated carbocycles. The molecule has 1 aliphatic heterocycles. The number of carbonyl (C=O) groups excluding carboxylic acids is 1. The van der Waals surface area contributed by atoms with Gasteiger partial charge in [-0.25, -0.2) is 0 Å². The van der Waals surface area contributed by atoms with Gasteiger partial charge >= 0.3 is 0 Å². The molecule has 2 aliphatic rings. The van der Waals surface area contributed by atoms with Gasteiger partial charge in [0.25, 0.3) is 0 Å². The normalized spacial score (nSPS) is 20.9. The summed E-state index contributed by atoms with van der Waals surface area (Å²) in [6.45, 7) is 0. The Hall–Kier alpha value is -1.16. The standard InChI is InChI=1S/C12H13NO2S/c1-15-9-5-2-4-8-10(9)16-12(6-3-7-12)11(14)13-8/h2,4-5H,3,6-7H2,1H3,(H,13,14). The molecule has 0 saturated heterocycles. The van der Waals surface area contributed by atoms with Crippen LogP contribution in [0.25, 0.3) is 0 Å². The van der Waals surface area contributed by atoms with Crippen LogP contribution in [0.3, 0.4) is 0 Å². The molecule has 3 nitrogen and oxygen atoms in total. The van der Waals surface area contributed by atoms with Crippen LogP contribution in [0, 0.1) is 0 Å². The molecule has 1 aliphatic carbocycles. The Morgan fingerprint density at radius 2 is 2.25 bits per heavy atom. The zero-order chi connectivity index (χ0) is 11.2. The van der Waals surface area contributed by atoms with Crippen LogP contribution in [0.15, 0.2) is 23.1 Å². The van der Waals surface area contributed by atoms with Crippen molar-refractivity contribution in [1.82, 2.24) is 0 Å². The topological polar surface area (TPSA) is 38.3 Å². The molecule has 1 aromatic rings. The number of thioether (sulfide) groups is 1. The van der Waals surface area contributed by atoms with Gasteiger partial charge in [-0.2, -0.15) is 0 Å². The van der Waals surface area contributed by atoms with E-state index in [-0.39, 0.29) is 10.7 Å². The number of benzene rings is 1. The maximum absolute atomic E-state index is 12.0. The van der Waals surface area contributed by atoms with E-state index in [0.717, 1.165) is 35.6 Å². The highest BCUT2D eigenvalue weighted by Crippen LogP contribution is 2.55. The molecule has 0 unspecified atom stereocenters. The number of anilines is 1. The first-order valence-corrected chi connectivity index (χ1v) is 6.24. The first-order chi connectivity index (χ1) is 7.75. The van der Waals surface area contributed by atoms with Gasteiger partial charge in [-0.05, 0) is 31.4 Å². The van der Waals surface area contributed by atoms with Crippen molar-refractivity contribution in [1.29, 1.82) is 0 Å². The highest BCUT2D eigenvalue weighted by molar-refractivity contribution is 8.01. The summed E-state index contributed by atoms with van der Waals surface area (Å²) < 4.78 is 5.12. The molecule has 0 atom stereocenters. The van der Waals surface area contributed by atoms with Crippen molar-refractivity contribution >= 4 is 23.4 Å². The van der Waals surface area contributed by atoms with Crippen LogP contribution in [0.2, 0.25) is 0 Å². The molecule has 3 rings (SSSR count). The third-order valence-electron chi connectivity index (χ3n) is 3.32. The predicted octanol–water partition coefficient (Wildman–Crippen LogP) is 2.66. The Morgan fingerprint density at radius 3 is 2.88 bits per heavy atom. The molecule has 1 aromatic carbocycles. The maximum atomic E-state index is 12.0. The Labute approximate surface area is 98.6 Å². The predicted molar refractivity (Wildman–Crippen MR) is 64.1 cm³/mol. The number of rotatable bonds is 1. The lowest BCUT2D eigenvalue weighted by Crippen LogP contribution is -2.47. The lowest BCUT2D eigenvalue weighted by molar-refractivity contribution is -0.120. The fourth-order valence-corrected chi connectivity index (χ4v) is 3.69. The number of hydrogen-bond acceptors (Lipinski definition) is 3. The summed E-state index contributed by atoms with van der Waals surface area (Å²) in [5.74, 6) is 1.01. The molecule has 1 N–H and O–H groups in total. The van der Waals surface area contributed by atoms with Gasteiger partial charge in [0.15, 0.2) is 0 Å². The highest BCUT2D eigenvalue weighted by atomic mass is 32.2. The van der Waals surface area contributed by atoms with Crippen molar-refractivity contribution < 1.29 is 9.53 Å². The average molecular weight is 235 g/mol. The lowest BCUT2D eigenvalue weighted by atomic mass is 9.83. The van der Waals surface area contributed by atoms with E-state index in [1.807, 2.05) is 18.2 Å². The summed E-state index contributed by atoms with van der Waals surface area (Å²) in [6.07, 6.45) is 3.09. The Morgan fingerprint density at radius 1 is 1.44 bits per heavy atom. The van der Waals surface area contributed by atoms with Gasteiger partial charge in [-0.15, -0.1) is 11.8 Å². The van der Waals surface area contributed by atoms with Crippen molar-refractivity contribution in [3.8, 4) is 5.75 Å². The summed E-state index contributed by atoms with van der Waals surface area (Å²) in [6, 6.07) is 5.77. The summed E-state index contributed by atoms with van der Waals surface area (Å²) in [7, 11) is 1.67. The molecule has 1 heterocycles. The van der Waals surface area contributed by atoms with Gasteiger partial charge in [0, 0.05) is 0 Å². The minimum atomic E-state index is -0.221. The fraction of sp³-hybridized carbons (Fsp3) is 0.417. The monoisotopic (exact) mass is 235 g/mol. The van der Waals surface area contributed by atoms with E-state index in [0.29, 0.717) is 0 Å². The van der Waals surface area contributed by atoms with Crippen LogP contribution >= 0.6 is 11.8 Å². The van der Waals surface area contributed by atoms with Crippen molar-refractivity contribution in [2.45, 2.75) is 28.9 Å². The molecule has 84 valence electrons. The second kappa shape index (κ2) is 3.42. The Bertz CT molecular complexity index is 454. The van der Waals surface area contributed by atoms with Crippen LogP contribution in [-0.4, -0.2) is 17.8 Å². The third-order valence-corrected chi connectivity index (χ3v) is 4.93. The quantitative estimate of drug-likeness (QED) is 0.813.